The van der Waals surface area contributed by atoms with Crippen LogP contribution in [0.2, 0.25) is 0 Å². The number of carbonyl (C=O) groups excluding carboxylic acids is 2. The Morgan fingerprint density at radius 1 is 0.933 bits per heavy atom. The van der Waals surface area contributed by atoms with Gasteiger partial charge >= 0.3 is 12.0 Å². The average Bonchev–Trinajstić information content (AvgIpc) is 3.34. The number of amides is 3. The number of carboxylic acid groups (broad SMARTS) is 1. The Morgan fingerprint density at radius 3 is 2.23 bits per heavy atom. The summed E-state index contributed by atoms with van der Waals surface area (Å²) in [6.07, 6.45) is 0.216. The first kappa shape index (κ1) is 19.1. The Hall–Kier alpha value is -4.20. The van der Waals surface area contributed by atoms with Crippen LogP contribution in [0.15, 0.2) is 70.8 Å². The van der Waals surface area contributed by atoms with Gasteiger partial charge in [0.25, 0.3) is 5.91 Å². The Balaban J connectivity index is 1.72. The van der Waals surface area contributed by atoms with Crippen molar-refractivity contribution in [2.45, 2.75) is 6.42 Å². The number of halogens is 1. The Morgan fingerprint density at radius 2 is 1.63 bits per heavy atom. The summed E-state index contributed by atoms with van der Waals surface area (Å²) in [5, 5.41) is 13.7. The van der Waals surface area contributed by atoms with Crippen molar-refractivity contribution >= 4 is 23.5 Å². The second kappa shape index (κ2) is 7.67. The molecule has 30 heavy (non-hydrogen) atoms. The molecule has 0 saturated carbocycles. The van der Waals surface area contributed by atoms with Gasteiger partial charge < -0.3 is 14.8 Å². The van der Waals surface area contributed by atoms with Crippen molar-refractivity contribution in [3.05, 3.63) is 89.1 Å². The van der Waals surface area contributed by atoms with E-state index in [0.29, 0.717) is 22.7 Å². The van der Waals surface area contributed by atoms with E-state index in [-0.39, 0.29) is 23.5 Å². The molecule has 0 radical (unpaired) electrons. The highest BCUT2D eigenvalue weighted by atomic mass is 19.1. The zero-order chi connectivity index (χ0) is 21.3. The molecular weight excluding hydrogens is 391 g/mol. The first-order valence-electron chi connectivity index (χ1n) is 8.94. The van der Waals surface area contributed by atoms with E-state index < -0.39 is 17.9 Å². The second-order valence-corrected chi connectivity index (χ2v) is 6.61. The van der Waals surface area contributed by atoms with E-state index in [1.807, 2.05) is 0 Å². The lowest BCUT2D eigenvalue weighted by Gasteiger charge is -2.08. The summed E-state index contributed by atoms with van der Waals surface area (Å²) in [6, 6.07) is 14.6. The van der Waals surface area contributed by atoms with Gasteiger partial charge in [-0.3, -0.25) is 10.1 Å². The van der Waals surface area contributed by atoms with Crippen molar-refractivity contribution in [3.63, 3.8) is 0 Å². The molecule has 7 nitrogen and oxygen atoms in total. The minimum atomic E-state index is -1.03. The number of nitrogens with one attached hydrogen (secondary N) is 2. The van der Waals surface area contributed by atoms with Gasteiger partial charge in [-0.25, -0.2) is 14.0 Å². The van der Waals surface area contributed by atoms with Crippen LogP contribution >= 0.6 is 0 Å². The molecule has 0 aliphatic carbocycles. The van der Waals surface area contributed by atoms with Crippen molar-refractivity contribution in [2.75, 3.05) is 0 Å². The topological polar surface area (TPSA) is 109 Å². The minimum absolute atomic E-state index is 0.0615. The molecule has 2 heterocycles. The van der Waals surface area contributed by atoms with Crippen LogP contribution in [0, 0.1) is 5.82 Å². The third-order valence-electron chi connectivity index (χ3n) is 4.61. The SMILES string of the molecule is O=C1NC(=O)C(=C(Cc2ccc(F)cc2)c2ccc(-c3ccc(C(=O)O)cc3)o2)N1. The fraction of sp³-hybridized carbons (Fsp3) is 0.0455. The summed E-state index contributed by atoms with van der Waals surface area (Å²) in [6.45, 7) is 0. The summed E-state index contributed by atoms with van der Waals surface area (Å²) in [4.78, 5) is 34.8. The molecule has 3 amide bonds. The zero-order valence-corrected chi connectivity index (χ0v) is 15.4. The molecule has 4 rings (SSSR count). The second-order valence-electron chi connectivity index (χ2n) is 6.61. The average molecular weight is 406 g/mol. The molecule has 8 heteroatoms. The molecular formula is C22H15FN2O5. The highest BCUT2D eigenvalue weighted by molar-refractivity contribution is 6.15. The van der Waals surface area contributed by atoms with Crippen LogP contribution in [0.5, 0.6) is 0 Å². The number of carboxylic acids is 1. The summed E-state index contributed by atoms with van der Waals surface area (Å²) >= 11 is 0. The van der Waals surface area contributed by atoms with Crippen LogP contribution in [-0.4, -0.2) is 23.0 Å². The number of hydrogen-bond donors (Lipinski definition) is 3. The highest BCUT2D eigenvalue weighted by Crippen LogP contribution is 2.30. The predicted molar refractivity (Wildman–Crippen MR) is 105 cm³/mol. The van der Waals surface area contributed by atoms with Crippen molar-refractivity contribution in [2.24, 2.45) is 0 Å². The largest absolute Gasteiger partial charge is 0.478 e. The van der Waals surface area contributed by atoms with E-state index in [1.165, 1.54) is 24.3 Å². The molecule has 150 valence electrons. The predicted octanol–water partition coefficient (Wildman–Crippen LogP) is 3.58. The lowest BCUT2D eigenvalue weighted by atomic mass is 10.0. The molecule has 0 bridgehead atoms. The van der Waals surface area contributed by atoms with Gasteiger partial charge in [0.05, 0.1) is 5.56 Å². The van der Waals surface area contributed by atoms with E-state index in [1.54, 1.807) is 36.4 Å². The Kier molecular flexibility index (Phi) is 4.89. The van der Waals surface area contributed by atoms with Crippen LogP contribution in [0.1, 0.15) is 21.7 Å². The van der Waals surface area contributed by atoms with Crippen LogP contribution in [-0.2, 0) is 11.2 Å². The fourth-order valence-corrected chi connectivity index (χ4v) is 3.12. The number of furan rings is 1. The molecule has 3 aromatic rings. The third kappa shape index (κ3) is 3.83. The van der Waals surface area contributed by atoms with Crippen molar-refractivity contribution < 1.29 is 28.3 Å². The van der Waals surface area contributed by atoms with Gasteiger partial charge in [-0.1, -0.05) is 24.3 Å². The summed E-state index contributed by atoms with van der Waals surface area (Å²) in [5.74, 6) is -1.19. The zero-order valence-electron chi connectivity index (χ0n) is 15.4. The lowest BCUT2D eigenvalue weighted by Crippen LogP contribution is -2.22. The van der Waals surface area contributed by atoms with Gasteiger partial charge in [0.2, 0.25) is 0 Å². The first-order valence-corrected chi connectivity index (χ1v) is 8.94. The van der Waals surface area contributed by atoms with Gasteiger partial charge in [0.1, 0.15) is 23.0 Å². The maximum atomic E-state index is 13.2. The molecule has 0 spiro atoms. The van der Waals surface area contributed by atoms with Gasteiger partial charge in [0.15, 0.2) is 0 Å². The summed E-state index contributed by atoms with van der Waals surface area (Å²) in [7, 11) is 0. The number of carbonyl (C=O) groups is 3. The molecule has 1 saturated heterocycles. The molecule has 1 aromatic heterocycles. The van der Waals surface area contributed by atoms with E-state index in [2.05, 4.69) is 10.6 Å². The quantitative estimate of drug-likeness (QED) is 0.443. The number of benzene rings is 2. The van der Waals surface area contributed by atoms with E-state index in [0.717, 1.165) is 5.56 Å². The summed E-state index contributed by atoms with van der Waals surface area (Å²) in [5.41, 5.74) is 2.01. The number of urea groups is 1. The van der Waals surface area contributed by atoms with Gasteiger partial charge in [-0.15, -0.1) is 0 Å². The molecule has 0 unspecified atom stereocenters. The highest BCUT2D eigenvalue weighted by Gasteiger charge is 2.28. The van der Waals surface area contributed by atoms with E-state index in [4.69, 9.17) is 9.52 Å². The minimum Gasteiger partial charge on any atom is -0.478 e. The number of imide groups is 1. The molecule has 0 atom stereocenters. The Bertz CT molecular complexity index is 1180. The molecule has 3 N–H and O–H groups in total. The van der Waals surface area contributed by atoms with Crippen molar-refractivity contribution in [1.29, 1.82) is 0 Å². The Labute approximate surface area is 169 Å². The van der Waals surface area contributed by atoms with Gasteiger partial charge in [-0.05, 0) is 42.0 Å². The first-order chi connectivity index (χ1) is 14.4. The van der Waals surface area contributed by atoms with Crippen LogP contribution in [0.4, 0.5) is 9.18 Å². The van der Waals surface area contributed by atoms with Crippen LogP contribution in [0.3, 0.4) is 0 Å². The van der Waals surface area contributed by atoms with Gasteiger partial charge in [-0.2, -0.15) is 0 Å². The number of hydrogen-bond acceptors (Lipinski definition) is 4. The van der Waals surface area contributed by atoms with Crippen LogP contribution in [0.25, 0.3) is 16.9 Å². The number of rotatable bonds is 5. The molecule has 2 aromatic carbocycles. The fourth-order valence-electron chi connectivity index (χ4n) is 3.12. The maximum Gasteiger partial charge on any atom is 0.335 e. The van der Waals surface area contributed by atoms with Gasteiger partial charge in [0, 0.05) is 17.6 Å². The maximum absolute atomic E-state index is 13.2. The number of allylic oxidation sites excluding steroid dienone is 1. The molecule has 1 aliphatic heterocycles. The smallest absolute Gasteiger partial charge is 0.335 e. The molecule has 1 fully saturated rings. The van der Waals surface area contributed by atoms with Crippen LogP contribution < -0.4 is 10.6 Å². The van der Waals surface area contributed by atoms with Crippen molar-refractivity contribution in [3.8, 4) is 11.3 Å². The van der Waals surface area contributed by atoms with E-state index >= 15 is 0 Å². The standard InChI is InChI=1S/C22H15FN2O5/c23-15-7-1-12(2-8-15)11-16(19-20(26)25-22(29)24-19)18-10-9-17(30-18)13-3-5-14(6-4-13)21(27)28/h1-10H,11H2,(H,27,28)(H2,24,25,26,29). The molecule has 1 aliphatic rings. The normalized spacial score (nSPS) is 15.0. The third-order valence-corrected chi connectivity index (χ3v) is 4.61. The number of aromatic carboxylic acids is 1. The lowest BCUT2D eigenvalue weighted by molar-refractivity contribution is -0.115. The van der Waals surface area contributed by atoms with E-state index in [9.17, 15) is 18.8 Å². The van der Waals surface area contributed by atoms with Crippen molar-refractivity contribution in [1.82, 2.24) is 10.6 Å². The monoisotopic (exact) mass is 406 g/mol. The summed E-state index contributed by atoms with van der Waals surface area (Å²) < 4.78 is 19.2.